The van der Waals surface area contributed by atoms with Crippen LogP contribution in [0.3, 0.4) is 0 Å². The highest BCUT2D eigenvalue weighted by atomic mass is 19.1. The fraction of sp³-hybridized carbons (Fsp3) is 0.350. The third-order valence-electron chi connectivity index (χ3n) is 4.00. The molecule has 2 aromatic rings. The minimum absolute atomic E-state index is 0.183. The van der Waals surface area contributed by atoms with Crippen LogP contribution in [0.1, 0.15) is 38.3 Å². The van der Waals surface area contributed by atoms with Crippen molar-refractivity contribution in [2.24, 2.45) is 0 Å². The molecule has 0 spiro atoms. The van der Waals surface area contributed by atoms with Crippen molar-refractivity contribution in [2.45, 2.75) is 46.1 Å². The summed E-state index contributed by atoms with van der Waals surface area (Å²) in [5.74, 6) is -0.0281. The van der Waals surface area contributed by atoms with Crippen molar-refractivity contribution in [3.63, 3.8) is 0 Å². The molecule has 0 aromatic heterocycles. The number of anilines is 1. The molecule has 0 fully saturated rings. The van der Waals surface area contributed by atoms with Crippen LogP contribution in [0, 0.1) is 5.82 Å². The zero-order valence-electron chi connectivity index (χ0n) is 14.4. The quantitative estimate of drug-likeness (QED) is 0.796. The first-order valence-corrected chi connectivity index (χ1v) is 8.42. The molecular formula is C20H24FNO2. The van der Waals surface area contributed by atoms with E-state index in [-0.39, 0.29) is 11.7 Å². The van der Waals surface area contributed by atoms with Crippen LogP contribution in [0.25, 0.3) is 0 Å². The Morgan fingerprint density at radius 1 is 1.04 bits per heavy atom. The summed E-state index contributed by atoms with van der Waals surface area (Å²) in [6.07, 6.45) is 1.60. The Morgan fingerprint density at radius 3 is 2.12 bits per heavy atom. The topological polar surface area (TPSA) is 38.3 Å². The summed E-state index contributed by atoms with van der Waals surface area (Å²) in [7, 11) is 0. The van der Waals surface area contributed by atoms with Crippen LogP contribution in [0.5, 0.6) is 5.75 Å². The summed E-state index contributed by atoms with van der Waals surface area (Å²) >= 11 is 0. The Hall–Kier alpha value is -2.36. The predicted octanol–water partition coefficient (Wildman–Crippen LogP) is 4.75. The Kier molecular flexibility index (Phi) is 6.36. The minimum atomic E-state index is -0.620. The van der Waals surface area contributed by atoms with E-state index >= 15 is 0 Å². The molecule has 4 heteroatoms. The fourth-order valence-electron chi connectivity index (χ4n) is 2.61. The van der Waals surface area contributed by atoms with Crippen LogP contribution < -0.4 is 10.1 Å². The molecule has 3 nitrogen and oxygen atoms in total. The standard InChI is InChI=1S/C20H24FNO2/c1-4-14-8-7-9-15(5-2)19(14)22-20(23)18(6-3)24-17-12-10-16(21)11-13-17/h7-13,18H,4-6H2,1-3H3,(H,22,23). The molecule has 0 bridgehead atoms. The van der Waals surface area contributed by atoms with Crippen LogP contribution in [0.4, 0.5) is 10.1 Å². The van der Waals surface area contributed by atoms with E-state index < -0.39 is 6.10 Å². The van der Waals surface area contributed by atoms with Crippen molar-refractivity contribution in [2.75, 3.05) is 5.32 Å². The highest BCUT2D eigenvalue weighted by Gasteiger charge is 2.20. The second-order valence-electron chi connectivity index (χ2n) is 5.62. The monoisotopic (exact) mass is 329 g/mol. The lowest BCUT2D eigenvalue weighted by molar-refractivity contribution is -0.122. The van der Waals surface area contributed by atoms with Crippen molar-refractivity contribution in [1.29, 1.82) is 0 Å². The number of aryl methyl sites for hydroxylation is 2. The summed E-state index contributed by atoms with van der Waals surface area (Å²) in [4.78, 5) is 12.6. The summed E-state index contributed by atoms with van der Waals surface area (Å²) in [5, 5.41) is 3.03. The third-order valence-corrected chi connectivity index (χ3v) is 4.00. The number of carbonyl (C=O) groups is 1. The van der Waals surface area contributed by atoms with Gasteiger partial charge in [0.15, 0.2) is 6.10 Å². The van der Waals surface area contributed by atoms with Gasteiger partial charge in [0, 0.05) is 5.69 Å². The molecule has 0 radical (unpaired) electrons. The van der Waals surface area contributed by atoms with E-state index in [0.29, 0.717) is 12.2 Å². The zero-order valence-corrected chi connectivity index (χ0v) is 14.4. The number of amides is 1. The summed E-state index contributed by atoms with van der Waals surface area (Å²) in [5.41, 5.74) is 3.10. The van der Waals surface area contributed by atoms with Gasteiger partial charge in [0.2, 0.25) is 0 Å². The van der Waals surface area contributed by atoms with Gasteiger partial charge in [-0.05, 0) is 54.7 Å². The second-order valence-corrected chi connectivity index (χ2v) is 5.62. The molecule has 0 saturated heterocycles. The SMILES string of the molecule is CCc1cccc(CC)c1NC(=O)C(CC)Oc1ccc(F)cc1. The highest BCUT2D eigenvalue weighted by molar-refractivity contribution is 5.95. The highest BCUT2D eigenvalue weighted by Crippen LogP contribution is 2.23. The average molecular weight is 329 g/mol. The maximum absolute atomic E-state index is 13.0. The zero-order chi connectivity index (χ0) is 17.5. The third kappa shape index (κ3) is 4.34. The molecule has 0 saturated carbocycles. The maximum atomic E-state index is 13.0. The number of carbonyl (C=O) groups excluding carboxylic acids is 1. The molecular weight excluding hydrogens is 305 g/mol. The van der Waals surface area contributed by atoms with E-state index in [0.717, 1.165) is 29.7 Å². The van der Waals surface area contributed by atoms with E-state index in [4.69, 9.17) is 4.74 Å². The number of nitrogens with one attached hydrogen (secondary N) is 1. The molecule has 0 aliphatic heterocycles. The largest absolute Gasteiger partial charge is 0.481 e. The normalized spacial score (nSPS) is 11.8. The van der Waals surface area contributed by atoms with Crippen molar-refractivity contribution < 1.29 is 13.9 Å². The summed E-state index contributed by atoms with van der Waals surface area (Å²) in [6, 6.07) is 11.8. The van der Waals surface area contributed by atoms with Crippen molar-refractivity contribution in [3.05, 3.63) is 59.4 Å². The van der Waals surface area contributed by atoms with E-state index in [1.165, 1.54) is 24.3 Å². The minimum Gasteiger partial charge on any atom is -0.481 e. The van der Waals surface area contributed by atoms with Crippen LogP contribution in [-0.2, 0) is 17.6 Å². The molecule has 128 valence electrons. The van der Waals surface area contributed by atoms with Gasteiger partial charge in [0.05, 0.1) is 0 Å². The number of halogens is 1. The van der Waals surface area contributed by atoms with Gasteiger partial charge in [0.25, 0.3) is 5.91 Å². The second kappa shape index (κ2) is 8.48. The van der Waals surface area contributed by atoms with Crippen LogP contribution in [0.15, 0.2) is 42.5 Å². The lowest BCUT2D eigenvalue weighted by Gasteiger charge is -2.20. The lowest BCUT2D eigenvalue weighted by Crippen LogP contribution is -2.33. The van der Waals surface area contributed by atoms with Gasteiger partial charge in [0.1, 0.15) is 11.6 Å². The molecule has 1 amide bonds. The molecule has 0 heterocycles. The summed E-state index contributed by atoms with van der Waals surface area (Å²) < 4.78 is 18.7. The number of hydrogen-bond donors (Lipinski definition) is 1. The van der Waals surface area contributed by atoms with Gasteiger partial charge in [-0.25, -0.2) is 4.39 Å². The smallest absolute Gasteiger partial charge is 0.265 e. The fourth-order valence-corrected chi connectivity index (χ4v) is 2.61. The Morgan fingerprint density at radius 2 is 1.62 bits per heavy atom. The first-order valence-electron chi connectivity index (χ1n) is 8.42. The van der Waals surface area contributed by atoms with E-state index in [9.17, 15) is 9.18 Å². The molecule has 24 heavy (non-hydrogen) atoms. The van der Waals surface area contributed by atoms with Gasteiger partial charge in [-0.2, -0.15) is 0 Å². The molecule has 1 N–H and O–H groups in total. The van der Waals surface area contributed by atoms with Crippen LogP contribution >= 0.6 is 0 Å². The van der Waals surface area contributed by atoms with Gasteiger partial charge < -0.3 is 10.1 Å². The summed E-state index contributed by atoms with van der Waals surface area (Å²) in [6.45, 7) is 6.02. The molecule has 2 aromatic carbocycles. The molecule has 2 rings (SSSR count). The maximum Gasteiger partial charge on any atom is 0.265 e. The number of benzene rings is 2. The molecule has 0 aliphatic carbocycles. The van der Waals surface area contributed by atoms with E-state index in [1.54, 1.807) is 0 Å². The van der Waals surface area contributed by atoms with Crippen molar-refractivity contribution >= 4 is 11.6 Å². The first-order chi connectivity index (χ1) is 11.6. The molecule has 1 unspecified atom stereocenters. The van der Waals surface area contributed by atoms with Crippen LogP contribution in [0.2, 0.25) is 0 Å². The van der Waals surface area contributed by atoms with Crippen molar-refractivity contribution in [3.8, 4) is 5.75 Å². The number of rotatable bonds is 7. The Labute approximate surface area is 142 Å². The van der Waals surface area contributed by atoms with E-state index in [1.807, 2.05) is 25.1 Å². The number of hydrogen-bond acceptors (Lipinski definition) is 2. The number of ether oxygens (including phenoxy) is 1. The van der Waals surface area contributed by atoms with Gasteiger partial charge >= 0.3 is 0 Å². The lowest BCUT2D eigenvalue weighted by atomic mass is 10.0. The Balaban J connectivity index is 2.16. The average Bonchev–Trinajstić information content (AvgIpc) is 2.61. The Bertz CT molecular complexity index is 660. The van der Waals surface area contributed by atoms with Crippen molar-refractivity contribution in [1.82, 2.24) is 0 Å². The molecule has 0 aliphatic rings. The predicted molar refractivity (Wildman–Crippen MR) is 94.9 cm³/mol. The van der Waals surface area contributed by atoms with Gasteiger partial charge in [-0.1, -0.05) is 39.0 Å². The van der Waals surface area contributed by atoms with Gasteiger partial charge in [-0.3, -0.25) is 4.79 Å². The first kappa shape index (κ1) is 18.0. The van der Waals surface area contributed by atoms with E-state index in [2.05, 4.69) is 19.2 Å². The van der Waals surface area contributed by atoms with Crippen LogP contribution in [-0.4, -0.2) is 12.0 Å². The molecule has 1 atom stereocenters. The van der Waals surface area contributed by atoms with Gasteiger partial charge in [-0.15, -0.1) is 0 Å². The number of para-hydroxylation sites is 1.